The van der Waals surface area contributed by atoms with E-state index in [1.807, 2.05) is 0 Å². The van der Waals surface area contributed by atoms with Crippen LogP contribution in [0, 0.1) is 15.9 Å². The number of benzene rings is 1. The van der Waals surface area contributed by atoms with Gasteiger partial charge in [0, 0.05) is 23.9 Å². The van der Waals surface area contributed by atoms with Gasteiger partial charge in [-0.05, 0) is 12.1 Å². The lowest BCUT2D eigenvalue weighted by Gasteiger charge is -2.02. The van der Waals surface area contributed by atoms with E-state index in [-0.39, 0.29) is 0 Å². The van der Waals surface area contributed by atoms with Crippen molar-refractivity contribution in [3.8, 4) is 11.3 Å². The summed E-state index contributed by atoms with van der Waals surface area (Å²) >= 11 is 1.51. The molecule has 0 amide bonds. The first-order chi connectivity index (χ1) is 9.61. The largest absolute Gasteiger partial charge is 0.315 e. The molecule has 0 spiro atoms. The van der Waals surface area contributed by atoms with Crippen molar-refractivity contribution in [2.24, 2.45) is 0 Å². The number of carbonyl (C=O) groups is 1. The predicted octanol–water partition coefficient (Wildman–Crippen LogP) is 2.52. The molecule has 0 saturated heterocycles. The molecule has 3 rings (SSSR count). The first kappa shape index (κ1) is 12.8. The van der Waals surface area contributed by atoms with Gasteiger partial charge in [0.2, 0.25) is 5.82 Å². The van der Waals surface area contributed by atoms with Gasteiger partial charge in [-0.15, -0.1) is 0 Å². The number of thioether (sulfide) groups is 1. The molecule has 0 saturated carbocycles. The van der Waals surface area contributed by atoms with E-state index >= 15 is 0 Å². The van der Waals surface area contributed by atoms with Gasteiger partial charge in [-0.1, -0.05) is 11.8 Å². The normalized spacial score (nSPS) is 13.2. The highest BCUT2D eigenvalue weighted by Gasteiger charge is 2.24. The molecule has 0 atom stereocenters. The van der Waals surface area contributed by atoms with Crippen LogP contribution in [0.25, 0.3) is 11.3 Å². The Morgan fingerprint density at radius 1 is 1.50 bits per heavy atom. The molecule has 6 nitrogen and oxygen atoms in total. The lowest BCUT2D eigenvalue weighted by molar-refractivity contribution is -0.387. The van der Waals surface area contributed by atoms with Crippen LogP contribution in [0.5, 0.6) is 0 Å². The number of nitro groups is 1. The lowest BCUT2D eigenvalue weighted by Crippen LogP contribution is -2.00. The number of rotatable bonds is 3. The minimum atomic E-state index is -0.910. The molecule has 0 unspecified atom stereocenters. The monoisotopic (exact) mass is 293 g/mol. The number of imidazole rings is 1. The highest BCUT2D eigenvalue weighted by molar-refractivity contribution is 7.99. The number of nitrogens with zero attached hydrogens (tertiary/aromatic N) is 3. The SMILES string of the molecule is O=Cc1c(-c2ccc(F)c([N+](=O)[O-])c2)nc2n1CCS2. The molecule has 1 aliphatic heterocycles. The number of hydrogen-bond donors (Lipinski definition) is 0. The number of aldehydes is 1. The smallest absolute Gasteiger partial charge is 0.305 e. The Morgan fingerprint density at radius 2 is 2.30 bits per heavy atom. The number of carbonyl (C=O) groups excluding carboxylic acids is 1. The summed E-state index contributed by atoms with van der Waals surface area (Å²) in [5, 5.41) is 11.5. The topological polar surface area (TPSA) is 78.0 Å². The van der Waals surface area contributed by atoms with Crippen LogP contribution in [0.4, 0.5) is 10.1 Å². The van der Waals surface area contributed by atoms with Crippen molar-refractivity contribution in [2.45, 2.75) is 11.7 Å². The molecule has 102 valence electrons. The van der Waals surface area contributed by atoms with E-state index in [1.54, 1.807) is 4.57 Å². The second kappa shape index (κ2) is 4.71. The van der Waals surface area contributed by atoms with E-state index in [9.17, 15) is 19.3 Å². The molecule has 2 aromatic rings. The van der Waals surface area contributed by atoms with E-state index in [4.69, 9.17) is 0 Å². The Balaban J connectivity index is 2.17. The zero-order valence-electron chi connectivity index (χ0n) is 10.1. The molecular formula is C12H8FN3O3S. The van der Waals surface area contributed by atoms with Crippen molar-refractivity contribution in [3.63, 3.8) is 0 Å². The Bertz CT molecular complexity index is 729. The van der Waals surface area contributed by atoms with Crippen LogP contribution in [-0.2, 0) is 6.54 Å². The van der Waals surface area contributed by atoms with E-state index in [2.05, 4.69) is 4.98 Å². The van der Waals surface area contributed by atoms with Crippen molar-refractivity contribution in [1.29, 1.82) is 0 Å². The van der Waals surface area contributed by atoms with Gasteiger partial charge < -0.3 is 4.57 Å². The maximum atomic E-state index is 13.3. The first-order valence-electron chi connectivity index (χ1n) is 5.74. The molecule has 0 fully saturated rings. The Hall–Kier alpha value is -2.22. The lowest BCUT2D eigenvalue weighted by atomic mass is 10.1. The van der Waals surface area contributed by atoms with Crippen molar-refractivity contribution in [3.05, 3.63) is 39.8 Å². The molecular weight excluding hydrogens is 285 g/mol. The molecule has 0 aliphatic carbocycles. The summed E-state index contributed by atoms with van der Waals surface area (Å²) in [6.07, 6.45) is 0.674. The zero-order valence-corrected chi connectivity index (χ0v) is 10.9. The predicted molar refractivity (Wildman–Crippen MR) is 70.4 cm³/mol. The van der Waals surface area contributed by atoms with Crippen molar-refractivity contribution in [2.75, 3.05) is 5.75 Å². The standard InChI is InChI=1S/C12H8FN3O3S/c13-8-2-1-7(5-9(8)16(18)19)11-10(6-17)15-3-4-20-12(15)14-11/h1-2,5-6H,3-4H2. The van der Waals surface area contributed by atoms with E-state index < -0.39 is 16.4 Å². The van der Waals surface area contributed by atoms with Crippen LogP contribution in [0.3, 0.4) is 0 Å². The fourth-order valence-electron chi connectivity index (χ4n) is 2.13. The molecule has 1 aromatic heterocycles. The molecule has 2 heterocycles. The van der Waals surface area contributed by atoms with Crippen LogP contribution in [0.2, 0.25) is 0 Å². The van der Waals surface area contributed by atoms with E-state index in [0.717, 1.165) is 17.9 Å². The highest BCUT2D eigenvalue weighted by Crippen LogP contribution is 2.33. The van der Waals surface area contributed by atoms with Gasteiger partial charge in [-0.25, -0.2) is 4.98 Å². The van der Waals surface area contributed by atoms with Gasteiger partial charge in [0.1, 0.15) is 11.4 Å². The van der Waals surface area contributed by atoms with Crippen LogP contribution in [-0.4, -0.2) is 26.5 Å². The molecule has 1 aromatic carbocycles. The average Bonchev–Trinajstić information content (AvgIpc) is 2.98. The van der Waals surface area contributed by atoms with Gasteiger partial charge in [0.05, 0.1) is 4.92 Å². The second-order valence-electron chi connectivity index (χ2n) is 4.17. The summed E-state index contributed by atoms with van der Waals surface area (Å²) in [7, 11) is 0. The van der Waals surface area contributed by atoms with Crippen molar-refractivity contribution >= 4 is 23.7 Å². The second-order valence-corrected chi connectivity index (χ2v) is 5.23. The Kier molecular flexibility index (Phi) is 3.01. The minimum absolute atomic E-state index is 0.352. The molecule has 0 radical (unpaired) electrons. The maximum Gasteiger partial charge on any atom is 0.305 e. The quantitative estimate of drug-likeness (QED) is 0.493. The van der Waals surface area contributed by atoms with Crippen molar-refractivity contribution in [1.82, 2.24) is 9.55 Å². The molecule has 0 bridgehead atoms. The molecule has 20 heavy (non-hydrogen) atoms. The number of halogens is 1. The van der Waals surface area contributed by atoms with Gasteiger partial charge >= 0.3 is 5.69 Å². The number of aromatic nitrogens is 2. The fraction of sp³-hybridized carbons (Fsp3) is 0.167. The number of nitro benzene ring substituents is 1. The van der Waals surface area contributed by atoms with Crippen LogP contribution in [0.1, 0.15) is 10.5 Å². The molecule has 0 N–H and O–H groups in total. The van der Waals surface area contributed by atoms with Crippen LogP contribution < -0.4 is 0 Å². The van der Waals surface area contributed by atoms with Gasteiger partial charge in [0.25, 0.3) is 0 Å². The van der Waals surface area contributed by atoms with Crippen LogP contribution in [0.15, 0.2) is 23.4 Å². The average molecular weight is 293 g/mol. The molecule has 1 aliphatic rings. The van der Waals surface area contributed by atoms with E-state index in [0.29, 0.717) is 34.9 Å². The van der Waals surface area contributed by atoms with Gasteiger partial charge in [0.15, 0.2) is 11.4 Å². The Labute approximate surface area is 116 Å². The summed E-state index contributed by atoms with van der Waals surface area (Å²) in [5.41, 5.74) is 0.457. The fourth-order valence-corrected chi connectivity index (χ4v) is 3.09. The van der Waals surface area contributed by atoms with Gasteiger partial charge in [-0.3, -0.25) is 14.9 Å². The molecule has 8 heteroatoms. The minimum Gasteiger partial charge on any atom is -0.315 e. The van der Waals surface area contributed by atoms with Crippen molar-refractivity contribution < 1.29 is 14.1 Å². The van der Waals surface area contributed by atoms with Crippen LogP contribution >= 0.6 is 11.8 Å². The third-order valence-corrected chi connectivity index (χ3v) is 4.00. The summed E-state index contributed by atoms with van der Waals surface area (Å²) < 4.78 is 15.1. The zero-order chi connectivity index (χ0) is 14.3. The first-order valence-corrected chi connectivity index (χ1v) is 6.73. The summed E-state index contributed by atoms with van der Waals surface area (Å²) in [5.74, 6) is -0.0694. The third-order valence-electron chi connectivity index (χ3n) is 3.05. The Morgan fingerprint density at radius 3 is 3.00 bits per heavy atom. The summed E-state index contributed by atoms with van der Waals surface area (Å²) in [6.45, 7) is 0.671. The maximum absolute atomic E-state index is 13.3. The summed E-state index contributed by atoms with van der Waals surface area (Å²) in [6, 6.07) is 3.50. The summed E-state index contributed by atoms with van der Waals surface area (Å²) in [4.78, 5) is 25.5. The third kappa shape index (κ3) is 1.88. The number of hydrogen-bond acceptors (Lipinski definition) is 5. The van der Waals surface area contributed by atoms with E-state index in [1.165, 1.54) is 17.8 Å². The van der Waals surface area contributed by atoms with Gasteiger partial charge in [-0.2, -0.15) is 4.39 Å². The number of fused-ring (bicyclic) bond motifs is 1. The highest BCUT2D eigenvalue weighted by atomic mass is 32.2.